The predicted molar refractivity (Wildman–Crippen MR) is 75.7 cm³/mol. The minimum Gasteiger partial charge on any atom is -0.309 e. The summed E-state index contributed by atoms with van der Waals surface area (Å²) in [5.41, 5.74) is 0.918. The van der Waals surface area contributed by atoms with E-state index in [4.69, 9.17) is 0 Å². The molecular formula is C12H19NO4S2. The van der Waals surface area contributed by atoms with Crippen molar-refractivity contribution in [3.63, 3.8) is 0 Å². The lowest BCUT2D eigenvalue weighted by molar-refractivity contribution is 0.575. The number of sulfone groups is 2. The number of rotatable bonds is 6. The number of hydrogen-bond acceptors (Lipinski definition) is 5. The fourth-order valence-electron chi connectivity index (χ4n) is 1.58. The molecule has 0 saturated carbocycles. The van der Waals surface area contributed by atoms with Crippen LogP contribution in [0.3, 0.4) is 0 Å². The Bertz CT molecular complexity index is 618. The Morgan fingerprint density at radius 3 is 2.00 bits per heavy atom. The molecule has 0 aromatic heterocycles. The Hall–Kier alpha value is -0.920. The van der Waals surface area contributed by atoms with Crippen LogP contribution < -0.4 is 5.32 Å². The van der Waals surface area contributed by atoms with Gasteiger partial charge in [0.15, 0.2) is 9.84 Å². The van der Waals surface area contributed by atoms with E-state index in [2.05, 4.69) is 5.32 Å². The second-order valence-electron chi connectivity index (χ2n) is 4.65. The first-order valence-electron chi connectivity index (χ1n) is 5.81. The molecule has 1 aromatic carbocycles. The zero-order chi connectivity index (χ0) is 14.7. The maximum Gasteiger partial charge on any atom is 0.175 e. The molecule has 0 aliphatic carbocycles. The molecule has 1 aromatic rings. The van der Waals surface area contributed by atoms with Crippen LogP contribution in [0.4, 0.5) is 0 Å². The van der Waals surface area contributed by atoms with Crippen molar-refractivity contribution in [2.75, 3.05) is 24.8 Å². The average molecular weight is 305 g/mol. The Labute approximate surface area is 114 Å². The Kier molecular flexibility index (Phi) is 5.11. The van der Waals surface area contributed by atoms with Gasteiger partial charge in [0.05, 0.1) is 10.6 Å². The molecule has 19 heavy (non-hydrogen) atoms. The van der Waals surface area contributed by atoms with Gasteiger partial charge in [0.2, 0.25) is 0 Å². The summed E-state index contributed by atoms with van der Waals surface area (Å²) in [5.74, 6) is 0.0821. The molecule has 1 rings (SSSR count). The monoisotopic (exact) mass is 305 g/mol. The lowest BCUT2D eigenvalue weighted by Crippen LogP contribution is -2.25. The Morgan fingerprint density at radius 1 is 1.05 bits per heavy atom. The van der Waals surface area contributed by atoms with Crippen LogP contribution in [0.2, 0.25) is 0 Å². The van der Waals surface area contributed by atoms with Crippen LogP contribution in [-0.2, 0) is 19.7 Å². The van der Waals surface area contributed by atoms with Gasteiger partial charge in [-0.25, -0.2) is 16.8 Å². The van der Waals surface area contributed by atoms with E-state index in [9.17, 15) is 16.8 Å². The van der Waals surface area contributed by atoms with Crippen LogP contribution in [0, 0.1) is 0 Å². The van der Waals surface area contributed by atoms with Crippen LogP contribution >= 0.6 is 0 Å². The summed E-state index contributed by atoms with van der Waals surface area (Å²) in [5, 5.41) is 3.09. The van der Waals surface area contributed by atoms with E-state index >= 15 is 0 Å². The molecule has 0 radical (unpaired) electrons. The zero-order valence-corrected chi connectivity index (χ0v) is 12.9. The minimum atomic E-state index is -3.18. The lowest BCUT2D eigenvalue weighted by atomic mass is 10.1. The van der Waals surface area contributed by atoms with Gasteiger partial charge in [0, 0.05) is 25.1 Å². The largest absolute Gasteiger partial charge is 0.309 e. The van der Waals surface area contributed by atoms with Crippen LogP contribution in [0.5, 0.6) is 0 Å². The normalized spacial score (nSPS) is 14.3. The molecule has 1 atom stereocenters. The average Bonchev–Trinajstić information content (AvgIpc) is 2.26. The van der Waals surface area contributed by atoms with E-state index < -0.39 is 19.7 Å². The highest BCUT2D eigenvalue weighted by molar-refractivity contribution is 7.91. The standard InChI is InChI=1S/C12H19NO4S2/c1-10(13-8-9-18(2,14)15)11-4-6-12(7-5-11)19(3,16)17/h4-7,10,13H,8-9H2,1-3H3. The van der Waals surface area contributed by atoms with E-state index in [-0.39, 0.29) is 16.7 Å². The molecule has 1 unspecified atom stereocenters. The van der Waals surface area contributed by atoms with Crippen LogP contribution in [0.1, 0.15) is 18.5 Å². The van der Waals surface area contributed by atoms with Crippen LogP contribution in [0.25, 0.3) is 0 Å². The third kappa shape index (κ3) is 5.71. The van der Waals surface area contributed by atoms with Gasteiger partial charge in [-0.05, 0) is 24.6 Å². The van der Waals surface area contributed by atoms with Crippen molar-refractivity contribution < 1.29 is 16.8 Å². The topological polar surface area (TPSA) is 80.3 Å². The van der Waals surface area contributed by atoms with Crippen molar-refractivity contribution in [3.05, 3.63) is 29.8 Å². The third-order valence-corrected chi connectivity index (χ3v) is 4.81. The fourth-order valence-corrected chi connectivity index (χ4v) is 2.70. The second-order valence-corrected chi connectivity index (χ2v) is 8.92. The first kappa shape index (κ1) is 16.1. The minimum absolute atomic E-state index is 0.0321. The summed E-state index contributed by atoms with van der Waals surface area (Å²) in [6.45, 7) is 2.27. The molecule has 0 saturated heterocycles. The zero-order valence-electron chi connectivity index (χ0n) is 11.3. The van der Waals surface area contributed by atoms with Gasteiger partial charge in [0.25, 0.3) is 0 Å². The second kappa shape index (κ2) is 6.02. The third-order valence-electron chi connectivity index (χ3n) is 2.73. The SMILES string of the molecule is CC(NCCS(C)(=O)=O)c1ccc(S(C)(=O)=O)cc1. The molecular weight excluding hydrogens is 286 g/mol. The number of nitrogens with one attached hydrogen (secondary N) is 1. The predicted octanol–water partition coefficient (Wildman–Crippen LogP) is 0.785. The van der Waals surface area contributed by atoms with E-state index in [1.165, 1.54) is 6.26 Å². The van der Waals surface area contributed by atoms with Crippen molar-refractivity contribution in [3.8, 4) is 0 Å². The van der Waals surface area contributed by atoms with E-state index in [0.717, 1.165) is 11.8 Å². The highest BCUT2D eigenvalue weighted by Gasteiger charge is 2.10. The van der Waals surface area contributed by atoms with Crippen molar-refractivity contribution in [2.45, 2.75) is 17.9 Å². The number of benzene rings is 1. The summed E-state index contributed by atoms with van der Waals surface area (Å²) in [6, 6.07) is 6.54. The van der Waals surface area contributed by atoms with Crippen molar-refractivity contribution in [1.82, 2.24) is 5.32 Å². The summed E-state index contributed by atoms with van der Waals surface area (Å²) in [7, 11) is -6.15. The van der Waals surface area contributed by atoms with E-state index in [0.29, 0.717) is 6.54 Å². The first-order valence-corrected chi connectivity index (χ1v) is 9.76. The molecule has 0 spiro atoms. The molecule has 1 N–H and O–H groups in total. The molecule has 0 aliphatic rings. The highest BCUT2D eigenvalue weighted by atomic mass is 32.2. The van der Waals surface area contributed by atoms with Crippen molar-refractivity contribution in [2.24, 2.45) is 0 Å². The molecule has 5 nitrogen and oxygen atoms in total. The Balaban J connectivity index is 2.66. The van der Waals surface area contributed by atoms with Crippen molar-refractivity contribution in [1.29, 1.82) is 0 Å². The fraction of sp³-hybridized carbons (Fsp3) is 0.500. The van der Waals surface area contributed by atoms with Gasteiger partial charge in [-0.15, -0.1) is 0 Å². The van der Waals surface area contributed by atoms with Crippen LogP contribution in [-0.4, -0.2) is 41.6 Å². The molecule has 0 heterocycles. The summed E-state index contributed by atoms with van der Waals surface area (Å²) in [6.07, 6.45) is 2.36. The molecule has 7 heteroatoms. The summed E-state index contributed by atoms with van der Waals surface area (Å²) in [4.78, 5) is 0.277. The van der Waals surface area contributed by atoms with Gasteiger partial charge in [-0.2, -0.15) is 0 Å². The van der Waals surface area contributed by atoms with E-state index in [1.807, 2.05) is 6.92 Å². The molecule has 0 bridgehead atoms. The molecule has 0 amide bonds. The quantitative estimate of drug-likeness (QED) is 0.840. The molecule has 0 fully saturated rings. The van der Waals surface area contributed by atoms with E-state index in [1.54, 1.807) is 24.3 Å². The highest BCUT2D eigenvalue weighted by Crippen LogP contribution is 2.15. The summed E-state index contributed by atoms with van der Waals surface area (Å²) < 4.78 is 44.6. The lowest BCUT2D eigenvalue weighted by Gasteiger charge is -2.14. The van der Waals surface area contributed by atoms with Gasteiger partial charge in [0.1, 0.15) is 9.84 Å². The summed E-state index contributed by atoms with van der Waals surface area (Å²) >= 11 is 0. The first-order chi connectivity index (χ1) is 8.59. The number of hydrogen-bond donors (Lipinski definition) is 1. The van der Waals surface area contributed by atoms with Crippen LogP contribution in [0.15, 0.2) is 29.2 Å². The van der Waals surface area contributed by atoms with Gasteiger partial charge in [-0.1, -0.05) is 12.1 Å². The maximum atomic E-state index is 11.3. The van der Waals surface area contributed by atoms with Gasteiger partial charge >= 0.3 is 0 Å². The van der Waals surface area contributed by atoms with Crippen molar-refractivity contribution >= 4 is 19.7 Å². The molecule has 108 valence electrons. The maximum absolute atomic E-state index is 11.3. The smallest absolute Gasteiger partial charge is 0.175 e. The van der Waals surface area contributed by atoms with Gasteiger partial charge in [-0.3, -0.25) is 0 Å². The Morgan fingerprint density at radius 2 is 1.58 bits per heavy atom. The molecule has 0 aliphatic heterocycles. The van der Waals surface area contributed by atoms with Gasteiger partial charge < -0.3 is 5.32 Å².